The molecule has 0 atom stereocenters. The Kier molecular flexibility index (Phi) is 7.80. The lowest BCUT2D eigenvalue weighted by molar-refractivity contribution is -0.384. The van der Waals surface area contributed by atoms with Crippen molar-refractivity contribution in [2.45, 2.75) is 11.5 Å². The first kappa shape index (κ1) is 25.4. The van der Waals surface area contributed by atoms with E-state index in [0.717, 1.165) is 9.87 Å². The molecule has 1 N–H and O–H groups in total. The third-order valence-corrected chi connectivity index (χ3v) is 7.14. The molecule has 1 amide bonds. The summed E-state index contributed by atoms with van der Waals surface area (Å²) in [6, 6.07) is 29.0. The van der Waals surface area contributed by atoms with Gasteiger partial charge < -0.3 is 10.1 Å². The standard InChI is InChI=1S/C27H23N3O6S/c31-27(28-22-11-17-25(18-12-22)36-20-21-7-3-1-4-8-21)19-29(23-13-15-24(16-14-23)30(32)33)37(34,35)26-9-5-2-6-10-26/h1-18H,19-20H2,(H,28,31). The number of amides is 1. The van der Waals surface area contributed by atoms with Crippen LogP contribution in [-0.2, 0) is 21.4 Å². The first-order valence-electron chi connectivity index (χ1n) is 11.2. The van der Waals surface area contributed by atoms with Crippen LogP contribution in [0.1, 0.15) is 5.56 Å². The van der Waals surface area contributed by atoms with E-state index in [4.69, 9.17) is 4.74 Å². The molecule has 10 heteroatoms. The molecule has 0 spiro atoms. The quantitative estimate of drug-likeness (QED) is 0.233. The highest BCUT2D eigenvalue weighted by Crippen LogP contribution is 2.26. The molecule has 0 bridgehead atoms. The maximum atomic E-state index is 13.4. The van der Waals surface area contributed by atoms with Crippen molar-refractivity contribution in [3.63, 3.8) is 0 Å². The summed E-state index contributed by atoms with van der Waals surface area (Å²) in [6.07, 6.45) is 0. The van der Waals surface area contributed by atoms with Crippen LogP contribution >= 0.6 is 0 Å². The summed E-state index contributed by atoms with van der Waals surface area (Å²) in [4.78, 5) is 23.3. The smallest absolute Gasteiger partial charge is 0.269 e. The molecule has 0 fully saturated rings. The number of nitro groups is 1. The summed E-state index contributed by atoms with van der Waals surface area (Å²) in [5.74, 6) is 0.0248. The van der Waals surface area contributed by atoms with Gasteiger partial charge in [0.15, 0.2) is 0 Å². The minimum atomic E-state index is -4.13. The molecule has 0 heterocycles. The van der Waals surface area contributed by atoms with Crippen LogP contribution in [0.25, 0.3) is 0 Å². The summed E-state index contributed by atoms with van der Waals surface area (Å²) < 4.78 is 33.4. The Morgan fingerprint density at radius 1 is 0.838 bits per heavy atom. The molecule has 4 aromatic carbocycles. The van der Waals surface area contributed by atoms with Gasteiger partial charge in [-0.25, -0.2) is 8.42 Å². The van der Waals surface area contributed by atoms with Gasteiger partial charge in [0, 0.05) is 17.8 Å². The van der Waals surface area contributed by atoms with Gasteiger partial charge in [-0.05, 0) is 54.1 Å². The second kappa shape index (κ2) is 11.4. The van der Waals surface area contributed by atoms with Gasteiger partial charge in [-0.15, -0.1) is 0 Å². The van der Waals surface area contributed by atoms with Crippen LogP contribution in [0.5, 0.6) is 5.75 Å². The van der Waals surface area contributed by atoms with E-state index in [1.54, 1.807) is 42.5 Å². The number of hydrogen-bond acceptors (Lipinski definition) is 6. The molecule has 4 rings (SSSR count). The fourth-order valence-corrected chi connectivity index (χ4v) is 4.92. The fourth-order valence-electron chi connectivity index (χ4n) is 3.48. The van der Waals surface area contributed by atoms with Crippen molar-refractivity contribution in [3.05, 3.63) is 125 Å². The SMILES string of the molecule is O=C(CN(c1ccc([N+](=O)[O-])cc1)S(=O)(=O)c1ccccc1)Nc1ccc(OCc2ccccc2)cc1. The zero-order valence-electron chi connectivity index (χ0n) is 19.6. The average Bonchev–Trinajstić information content (AvgIpc) is 2.92. The number of rotatable bonds is 10. The van der Waals surface area contributed by atoms with Gasteiger partial charge >= 0.3 is 0 Å². The largest absolute Gasteiger partial charge is 0.489 e. The van der Waals surface area contributed by atoms with Gasteiger partial charge in [0.05, 0.1) is 15.5 Å². The number of nitrogens with zero attached hydrogens (tertiary/aromatic N) is 2. The minimum absolute atomic E-state index is 0.0129. The third-order valence-electron chi connectivity index (χ3n) is 5.35. The highest BCUT2D eigenvalue weighted by Gasteiger charge is 2.27. The topological polar surface area (TPSA) is 119 Å². The molecular weight excluding hydrogens is 494 g/mol. The van der Waals surface area contributed by atoms with E-state index in [1.165, 1.54) is 36.4 Å². The first-order valence-corrected chi connectivity index (χ1v) is 12.7. The van der Waals surface area contributed by atoms with Crippen molar-refractivity contribution in [2.24, 2.45) is 0 Å². The van der Waals surface area contributed by atoms with Gasteiger partial charge in [-0.1, -0.05) is 48.5 Å². The molecule has 0 aliphatic rings. The van der Waals surface area contributed by atoms with Crippen molar-refractivity contribution in [1.82, 2.24) is 0 Å². The van der Waals surface area contributed by atoms with Crippen molar-refractivity contribution >= 4 is 33.0 Å². The average molecular weight is 518 g/mol. The van der Waals surface area contributed by atoms with Crippen LogP contribution in [0.15, 0.2) is 114 Å². The van der Waals surface area contributed by atoms with Gasteiger partial charge in [-0.2, -0.15) is 0 Å². The number of non-ortho nitro benzene ring substituents is 1. The molecule has 188 valence electrons. The lowest BCUT2D eigenvalue weighted by Gasteiger charge is -2.24. The molecule has 0 aliphatic heterocycles. The van der Waals surface area contributed by atoms with Crippen LogP contribution in [0.2, 0.25) is 0 Å². The number of nitrogens with one attached hydrogen (secondary N) is 1. The lowest BCUT2D eigenvalue weighted by atomic mass is 10.2. The molecule has 0 unspecified atom stereocenters. The van der Waals surface area contributed by atoms with Crippen LogP contribution in [0.4, 0.5) is 17.1 Å². The molecule has 0 saturated heterocycles. The fraction of sp³-hybridized carbons (Fsp3) is 0.0741. The Morgan fingerprint density at radius 2 is 1.43 bits per heavy atom. The van der Waals surface area contributed by atoms with Gasteiger partial charge in [0.1, 0.15) is 18.9 Å². The summed E-state index contributed by atoms with van der Waals surface area (Å²) in [7, 11) is -4.13. The molecule has 9 nitrogen and oxygen atoms in total. The lowest BCUT2D eigenvalue weighted by Crippen LogP contribution is -2.38. The number of benzene rings is 4. The number of ether oxygens (including phenoxy) is 1. The maximum Gasteiger partial charge on any atom is 0.269 e. The van der Waals surface area contributed by atoms with E-state index in [-0.39, 0.29) is 16.3 Å². The molecule has 37 heavy (non-hydrogen) atoms. The zero-order valence-corrected chi connectivity index (χ0v) is 20.4. The molecule has 0 radical (unpaired) electrons. The number of carbonyl (C=O) groups excluding carboxylic acids is 1. The summed E-state index contributed by atoms with van der Waals surface area (Å²) in [5.41, 5.74) is 1.40. The number of sulfonamides is 1. The molecule has 0 aromatic heterocycles. The van der Waals surface area contributed by atoms with E-state index in [9.17, 15) is 23.3 Å². The van der Waals surface area contributed by atoms with Crippen LogP contribution in [0, 0.1) is 10.1 Å². The number of anilines is 2. The third kappa shape index (κ3) is 6.50. The van der Waals surface area contributed by atoms with E-state index < -0.39 is 27.4 Å². The maximum absolute atomic E-state index is 13.4. The van der Waals surface area contributed by atoms with E-state index in [2.05, 4.69) is 5.32 Å². The number of nitro benzene ring substituents is 1. The van der Waals surface area contributed by atoms with Gasteiger partial charge in [0.2, 0.25) is 5.91 Å². The van der Waals surface area contributed by atoms with Crippen molar-refractivity contribution < 1.29 is 22.9 Å². The molecule has 0 saturated carbocycles. The first-order chi connectivity index (χ1) is 17.8. The van der Waals surface area contributed by atoms with Gasteiger partial charge in [0.25, 0.3) is 15.7 Å². The second-order valence-electron chi connectivity index (χ2n) is 7.95. The van der Waals surface area contributed by atoms with Crippen LogP contribution < -0.4 is 14.4 Å². The van der Waals surface area contributed by atoms with Crippen molar-refractivity contribution in [3.8, 4) is 5.75 Å². The second-order valence-corrected chi connectivity index (χ2v) is 9.81. The van der Waals surface area contributed by atoms with Crippen LogP contribution in [0.3, 0.4) is 0 Å². The zero-order chi connectivity index (χ0) is 26.3. The summed E-state index contributed by atoms with van der Waals surface area (Å²) in [6.45, 7) is -0.143. The van der Waals surface area contributed by atoms with E-state index in [0.29, 0.717) is 18.0 Å². The van der Waals surface area contributed by atoms with Crippen molar-refractivity contribution in [1.29, 1.82) is 0 Å². The van der Waals surface area contributed by atoms with E-state index >= 15 is 0 Å². The summed E-state index contributed by atoms with van der Waals surface area (Å²) >= 11 is 0. The molecule has 4 aromatic rings. The highest BCUT2D eigenvalue weighted by molar-refractivity contribution is 7.92. The highest BCUT2D eigenvalue weighted by atomic mass is 32.2. The van der Waals surface area contributed by atoms with E-state index in [1.807, 2.05) is 30.3 Å². The monoisotopic (exact) mass is 517 g/mol. The Bertz CT molecular complexity index is 1460. The molecular formula is C27H23N3O6S. The van der Waals surface area contributed by atoms with Crippen LogP contribution in [-0.4, -0.2) is 25.8 Å². The normalized spacial score (nSPS) is 10.9. The summed E-state index contributed by atoms with van der Waals surface area (Å²) in [5, 5.41) is 13.7. The number of carbonyl (C=O) groups is 1. The molecule has 0 aliphatic carbocycles. The van der Waals surface area contributed by atoms with Gasteiger partial charge in [-0.3, -0.25) is 19.2 Å². The predicted octanol–water partition coefficient (Wildman–Crippen LogP) is 5.01. The predicted molar refractivity (Wildman–Crippen MR) is 140 cm³/mol. The van der Waals surface area contributed by atoms with Crippen molar-refractivity contribution in [2.75, 3.05) is 16.2 Å². The Hall–Kier alpha value is -4.70. The number of hydrogen-bond donors (Lipinski definition) is 1. The minimum Gasteiger partial charge on any atom is -0.489 e. The Labute approximate surface area is 214 Å². The Morgan fingerprint density at radius 3 is 2.03 bits per heavy atom. The Balaban J connectivity index is 1.49.